The van der Waals surface area contributed by atoms with E-state index >= 15 is 0 Å². The van der Waals surface area contributed by atoms with Gasteiger partial charge in [0.25, 0.3) is 0 Å². The van der Waals surface area contributed by atoms with Crippen molar-refractivity contribution in [1.29, 1.82) is 0 Å². The Morgan fingerprint density at radius 3 is 2.69 bits per heavy atom. The summed E-state index contributed by atoms with van der Waals surface area (Å²) in [4.78, 5) is 10.8. The van der Waals surface area contributed by atoms with Crippen LogP contribution < -0.4 is 0 Å². The monoisotopic (exact) mass is 184 g/mol. The van der Waals surface area contributed by atoms with Crippen molar-refractivity contribution in [2.24, 2.45) is 11.3 Å². The van der Waals surface area contributed by atoms with E-state index in [-0.39, 0.29) is 16.9 Å². The van der Waals surface area contributed by atoms with Crippen molar-refractivity contribution in [2.75, 3.05) is 6.61 Å². The summed E-state index contributed by atoms with van der Waals surface area (Å²) < 4.78 is 5.58. The molecule has 0 unspecified atom stereocenters. The number of carboxylic acid groups (broad SMARTS) is 1. The lowest BCUT2D eigenvalue weighted by atomic mass is 9.84. The Labute approximate surface area is 78.1 Å². The number of hydrogen-bond donors (Lipinski definition) is 1. The van der Waals surface area contributed by atoms with Crippen LogP contribution in [-0.4, -0.2) is 23.3 Å². The number of ether oxygens (including phenoxy) is 1. The molecule has 1 N–H and O–H groups in total. The van der Waals surface area contributed by atoms with E-state index in [0.717, 1.165) is 25.9 Å². The van der Waals surface area contributed by atoms with Gasteiger partial charge in [-0.05, 0) is 38.5 Å². The van der Waals surface area contributed by atoms with Crippen LogP contribution in [0.5, 0.6) is 0 Å². The molecule has 0 aromatic carbocycles. The first-order chi connectivity index (χ1) is 5.95. The Bertz CT molecular complexity index is 247. The zero-order chi connectivity index (χ0) is 9.69. The summed E-state index contributed by atoms with van der Waals surface area (Å²) >= 11 is 0. The molecule has 1 heterocycles. The maximum absolute atomic E-state index is 10.8. The molecule has 1 saturated heterocycles. The summed E-state index contributed by atoms with van der Waals surface area (Å²) in [5, 5.41) is 8.90. The summed E-state index contributed by atoms with van der Waals surface area (Å²) in [5.41, 5.74) is -0.0456. The van der Waals surface area contributed by atoms with Gasteiger partial charge in [-0.25, -0.2) is 0 Å². The highest BCUT2D eigenvalue weighted by molar-refractivity contribution is 5.74. The minimum atomic E-state index is -0.627. The molecule has 3 heteroatoms. The first-order valence-corrected chi connectivity index (χ1v) is 4.82. The van der Waals surface area contributed by atoms with E-state index in [1.807, 2.05) is 13.8 Å². The first kappa shape index (κ1) is 9.00. The summed E-state index contributed by atoms with van der Waals surface area (Å²) in [5.74, 6) is -0.728. The van der Waals surface area contributed by atoms with Crippen molar-refractivity contribution >= 4 is 5.97 Å². The number of carbonyl (C=O) groups is 1. The molecule has 0 aromatic rings. The highest BCUT2D eigenvalue weighted by Gasteiger charge is 2.61. The molecule has 1 saturated carbocycles. The second-order valence-electron chi connectivity index (χ2n) is 4.99. The third-order valence-electron chi connectivity index (χ3n) is 3.36. The second-order valence-corrected chi connectivity index (χ2v) is 4.99. The van der Waals surface area contributed by atoms with E-state index in [9.17, 15) is 4.79 Å². The van der Waals surface area contributed by atoms with Crippen LogP contribution in [0.15, 0.2) is 0 Å². The van der Waals surface area contributed by atoms with E-state index in [0.29, 0.717) is 0 Å². The molecule has 0 bridgehead atoms. The molecule has 0 amide bonds. The highest BCUT2D eigenvalue weighted by Crippen LogP contribution is 2.61. The first-order valence-electron chi connectivity index (χ1n) is 4.82. The van der Waals surface area contributed by atoms with Gasteiger partial charge in [0, 0.05) is 6.61 Å². The molecule has 13 heavy (non-hydrogen) atoms. The van der Waals surface area contributed by atoms with Gasteiger partial charge in [-0.15, -0.1) is 0 Å². The van der Waals surface area contributed by atoms with Gasteiger partial charge >= 0.3 is 5.97 Å². The Morgan fingerprint density at radius 1 is 1.54 bits per heavy atom. The quantitative estimate of drug-likeness (QED) is 0.674. The molecule has 2 rings (SSSR count). The van der Waals surface area contributed by atoms with Crippen LogP contribution in [-0.2, 0) is 9.53 Å². The van der Waals surface area contributed by atoms with Gasteiger partial charge in [0.05, 0.1) is 11.5 Å². The van der Waals surface area contributed by atoms with Gasteiger partial charge in [-0.2, -0.15) is 0 Å². The van der Waals surface area contributed by atoms with Crippen molar-refractivity contribution in [3.05, 3.63) is 0 Å². The van der Waals surface area contributed by atoms with Gasteiger partial charge in [0.15, 0.2) is 0 Å². The topological polar surface area (TPSA) is 46.5 Å². The van der Waals surface area contributed by atoms with Gasteiger partial charge in [0.2, 0.25) is 0 Å². The largest absolute Gasteiger partial charge is 0.481 e. The van der Waals surface area contributed by atoms with E-state index in [1.54, 1.807) is 0 Å². The molecule has 2 atom stereocenters. The Balaban J connectivity index is 2.06. The fourth-order valence-corrected chi connectivity index (χ4v) is 2.69. The third-order valence-corrected chi connectivity index (χ3v) is 3.36. The second kappa shape index (κ2) is 2.47. The molecule has 3 nitrogen and oxygen atoms in total. The average molecular weight is 184 g/mol. The molecule has 1 spiro atoms. The molecular weight excluding hydrogens is 168 g/mol. The number of aliphatic carboxylic acids is 1. The SMILES string of the molecule is CC1(C)C[C@@]2(CCO1)C[C@H]2C(=O)O. The Hall–Kier alpha value is -0.570. The van der Waals surface area contributed by atoms with E-state index < -0.39 is 5.97 Å². The summed E-state index contributed by atoms with van der Waals surface area (Å²) in [6.45, 7) is 4.81. The van der Waals surface area contributed by atoms with Crippen LogP contribution in [0.1, 0.15) is 33.1 Å². The molecule has 0 radical (unpaired) electrons. The van der Waals surface area contributed by atoms with E-state index in [1.165, 1.54) is 0 Å². The van der Waals surface area contributed by atoms with Crippen molar-refractivity contribution < 1.29 is 14.6 Å². The zero-order valence-corrected chi connectivity index (χ0v) is 8.17. The molecule has 0 aromatic heterocycles. The summed E-state index contributed by atoms with van der Waals surface area (Å²) in [7, 11) is 0. The van der Waals surface area contributed by atoms with E-state index in [2.05, 4.69) is 0 Å². The predicted octanol–water partition coefficient (Wildman–Crippen LogP) is 1.67. The highest BCUT2D eigenvalue weighted by atomic mass is 16.5. The standard InChI is InChI=1S/C10H16O3/c1-9(2)6-10(3-4-13-9)5-7(10)8(11)12/h7H,3-6H2,1-2H3,(H,11,12)/t7-,10+/m0/s1. The number of hydrogen-bond acceptors (Lipinski definition) is 2. The average Bonchev–Trinajstić information content (AvgIpc) is 2.60. The van der Waals surface area contributed by atoms with Crippen LogP contribution in [0, 0.1) is 11.3 Å². The number of rotatable bonds is 1. The lowest BCUT2D eigenvalue weighted by molar-refractivity contribution is -0.141. The third kappa shape index (κ3) is 1.46. The van der Waals surface area contributed by atoms with E-state index in [4.69, 9.17) is 9.84 Å². The van der Waals surface area contributed by atoms with Crippen molar-refractivity contribution in [3.63, 3.8) is 0 Å². The fraction of sp³-hybridized carbons (Fsp3) is 0.900. The van der Waals surface area contributed by atoms with Crippen LogP contribution in [0.25, 0.3) is 0 Å². The molecule has 1 aliphatic heterocycles. The van der Waals surface area contributed by atoms with Gasteiger partial charge in [-0.1, -0.05) is 0 Å². The predicted molar refractivity (Wildman–Crippen MR) is 47.4 cm³/mol. The van der Waals surface area contributed by atoms with Crippen molar-refractivity contribution in [1.82, 2.24) is 0 Å². The van der Waals surface area contributed by atoms with Crippen molar-refractivity contribution in [2.45, 2.75) is 38.7 Å². The van der Waals surface area contributed by atoms with Crippen molar-refractivity contribution in [3.8, 4) is 0 Å². The maximum atomic E-state index is 10.8. The molecule has 74 valence electrons. The molecule has 2 fully saturated rings. The zero-order valence-electron chi connectivity index (χ0n) is 8.17. The number of carboxylic acids is 1. The molecule has 1 aliphatic carbocycles. The normalized spacial score (nSPS) is 41.8. The fourth-order valence-electron chi connectivity index (χ4n) is 2.69. The lowest BCUT2D eigenvalue weighted by Gasteiger charge is -2.36. The minimum absolute atomic E-state index is 0.0770. The van der Waals surface area contributed by atoms with Gasteiger partial charge in [0.1, 0.15) is 0 Å². The Morgan fingerprint density at radius 2 is 2.23 bits per heavy atom. The molecular formula is C10H16O3. The van der Waals surface area contributed by atoms with Gasteiger partial charge < -0.3 is 9.84 Å². The van der Waals surface area contributed by atoms with Crippen LogP contribution in [0.3, 0.4) is 0 Å². The Kier molecular flexibility index (Phi) is 1.71. The lowest BCUT2D eigenvalue weighted by Crippen LogP contribution is -2.36. The summed E-state index contributed by atoms with van der Waals surface area (Å²) in [6.07, 6.45) is 2.68. The summed E-state index contributed by atoms with van der Waals surface area (Å²) in [6, 6.07) is 0. The van der Waals surface area contributed by atoms with Crippen LogP contribution in [0.2, 0.25) is 0 Å². The maximum Gasteiger partial charge on any atom is 0.307 e. The van der Waals surface area contributed by atoms with Crippen LogP contribution >= 0.6 is 0 Å². The smallest absolute Gasteiger partial charge is 0.307 e. The molecule has 2 aliphatic rings. The van der Waals surface area contributed by atoms with Crippen LogP contribution in [0.4, 0.5) is 0 Å². The van der Waals surface area contributed by atoms with Gasteiger partial charge in [-0.3, -0.25) is 4.79 Å². The minimum Gasteiger partial charge on any atom is -0.481 e.